The second-order valence-electron chi connectivity index (χ2n) is 4.60. The Bertz CT molecular complexity index is 390. The highest BCUT2D eigenvalue weighted by Crippen LogP contribution is 2.38. The summed E-state index contributed by atoms with van der Waals surface area (Å²) in [6.07, 6.45) is 3.78. The molecular weight excluding hydrogens is 300 g/mol. The zero-order chi connectivity index (χ0) is 11.7. The Morgan fingerprint density at radius 2 is 2.24 bits per heavy atom. The fourth-order valence-corrected chi connectivity index (χ4v) is 4.39. The summed E-state index contributed by atoms with van der Waals surface area (Å²) in [7, 11) is 0. The van der Waals surface area contributed by atoms with Crippen molar-refractivity contribution in [2.75, 3.05) is 26.3 Å². The van der Waals surface area contributed by atoms with Crippen molar-refractivity contribution in [1.29, 1.82) is 0 Å². The summed E-state index contributed by atoms with van der Waals surface area (Å²) in [6, 6.07) is 2.79. The second-order valence-corrected chi connectivity index (χ2v) is 7.12. The number of rotatable bonds is 2. The van der Waals surface area contributed by atoms with E-state index in [2.05, 4.69) is 32.4 Å². The molecule has 1 N–H and O–H groups in total. The highest BCUT2D eigenvalue weighted by atomic mass is 79.9. The molecule has 1 aliphatic heterocycles. The van der Waals surface area contributed by atoms with Crippen LogP contribution in [-0.2, 0) is 11.2 Å². The topological polar surface area (TPSA) is 24.5 Å². The summed E-state index contributed by atoms with van der Waals surface area (Å²) in [4.78, 5) is 1.55. The van der Waals surface area contributed by atoms with E-state index in [1.807, 2.05) is 11.3 Å². The lowest BCUT2D eigenvalue weighted by Gasteiger charge is -2.33. The Balaban J connectivity index is 1.71. The molecule has 3 nitrogen and oxygen atoms in total. The maximum atomic E-state index is 5.38. The molecule has 1 unspecified atom stereocenters. The van der Waals surface area contributed by atoms with Crippen LogP contribution in [0.5, 0.6) is 0 Å². The Labute approximate surface area is 114 Å². The van der Waals surface area contributed by atoms with Gasteiger partial charge in [-0.25, -0.2) is 10.4 Å². The summed E-state index contributed by atoms with van der Waals surface area (Å²) >= 11 is 5.49. The standard InChI is InChI=1S/C12H17BrN2OS/c13-12-8-9-10(2-1-3-11(9)17-12)14-15-4-6-16-7-5-15/h8,10,14H,1-7H2. The average molecular weight is 317 g/mol. The van der Waals surface area contributed by atoms with Gasteiger partial charge in [0.1, 0.15) is 0 Å². The average Bonchev–Trinajstić information content (AvgIpc) is 2.72. The lowest BCUT2D eigenvalue weighted by Crippen LogP contribution is -2.47. The van der Waals surface area contributed by atoms with Crippen molar-refractivity contribution in [2.45, 2.75) is 25.3 Å². The van der Waals surface area contributed by atoms with Crippen molar-refractivity contribution in [3.63, 3.8) is 0 Å². The van der Waals surface area contributed by atoms with Crippen molar-refractivity contribution in [3.05, 3.63) is 20.3 Å². The number of nitrogens with one attached hydrogen (secondary N) is 1. The molecule has 0 saturated carbocycles. The molecule has 17 heavy (non-hydrogen) atoms. The highest BCUT2D eigenvalue weighted by molar-refractivity contribution is 9.11. The van der Waals surface area contributed by atoms with E-state index in [1.54, 1.807) is 4.88 Å². The summed E-state index contributed by atoms with van der Waals surface area (Å²) in [5.41, 5.74) is 5.17. The van der Waals surface area contributed by atoms with Crippen LogP contribution in [0.3, 0.4) is 0 Å². The number of halogens is 1. The fourth-order valence-electron chi connectivity index (χ4n) is 2.57. The summed E-state index contributed by atoms with van der Waals surface area (Å²) in [6.45, 7) is 3.69. The molecule has 1 aromatic heterocycles. The predicted molar refractivity (Wildman–Crippen MR) is 73.2 cm³/mol. The van der Waals surface area contributed by atoms with Gasteiger partial charge in [0.15, 0.2) is 0 Å². The van der Waals surface area contributed by atoms with E-state index < -0.39 is 0 Å². The van der Waals surface area contributed by atoms with Gasteiger partial charge >= 0.3 is 0 Å². The third kappa shape index (κ3) is 2.74. The largest absolute Gasteiger partial charge is 0.379 e. The van der Waals surface area contributed by atoms with Gasteiger partial charge in [-0.15, -0.1) is 11.3 Å². The molecule has 0 radical (unpaired) electrons. The monoisotopic (exact) mass is 316 g/mol. The number of nitrogens with zero attached hydrogens (tertiary/aromatic N) is 1. The van der Waals surface area contributed by atoms with Gasteiger partial charge in [-0.2, -0.15) is 0 Å². The van der Waals surface area contributed by atoms with E-state index in [9.17, 15) is 0 Å². The first-order chi connectivity index (χ1) is 8.33. The molecular formula is C12H17BrN2OS. The molecule has 5 heteroatoms. The minimum absolute atomic E-state index is 0.499. The van der Waals surface area contributed by atoms with Crippen LogP contribution in [0.15, 0.2) is 9.85 Å². The normalized spacial score (nSPS) is 25.8. The van der Waals surface area contributed by atoms with Crippen molar-refractivity contribution >= 4 is 27.3 Å². The first kappa shape index (κ1) is 12.1. The zero-order valence-electron chi connectivity index (χ0n) is 9.75. The van der Waals surface area contributed by atoms with Crippen LogP contribution < -0.4 is 5.43 Å². The molecule has 1 aliphatic carbocycles. The molecule has 0 aromatic carbocycles. The van der Waals surface area contributed by atoms with E-state index in [-0.39, 0.29) is 0 Å². The van der Waals surface area contributed by atoms with Gasteiger partial charge in [0.05, 0.1) is 17.0 Å². The molecule has 1 atom stereocenters. The van der Waals surface area contributed by atoms with Gasteiger partial charge < -0.3 is 4.74 Å². The molecule has 1 fully saturated rings. The zero-order valence-corrected chi connectivity index (χ0v) is 12.1. The quantitative estimate of drug-likeness (QED) is 0.908. The number of hydrazine groups is 1. The van der Waals surface area contributed by atoms with Crippen LogP contribution in [0.2, 0.25) is 0 Å². The maximum Gasteiger partial charge on any atom is 0.0704 e. The number of hydrogen-bond donors (Lipinski definition) is 1. The van der Waals surface area contributed by atoms with E-state index in [0.29, 0.717) is 6.04 Å². The Kier molecular flexibility index (Phi) is 3.82. The van der Waals surface area contributed by atoms with Crippen LogP contribution in [0.1, 0.15) is 29.3 Å². The van der Waals surface area contributed by atoms with Gasteiger partial charge in [-0.05, 0) is 46.8 Å². The van der Waals surface area contributed by atoms with Gasteiger partial charge in [0, 0.05) is 24.0 Å². The molecule has 3 rings (SSSR count). The van der Waals surface area contributed by atoms with Crippen molar-refractivity contribution < 1.29 is 4.74 Å². The molecule has 2 heterocycles. The number of thiophene rings is 1. The van der Waals surface area contributed by atoms with Crippen LogP contribution >= 0.6 is 27.3 Å². The second kappa shape index (κ2) is 5.36. The summed E-state index contributed by atoms with van der Waals surface area (Å²) < 4.78 is 6.64. The predicted octanol–water partition coefficient (Wildman–Crippen LogP) is 2.72. The summed E-state index contributed by atoms with van der Waals surface area (Å²) in [5.74, 6) is 0. The molecule has 2 aliphatic rings. The van der Waals surface area contributed by atoms with Crippen LogP contribution in [0.4, 0.5) is 0 Å². The Hall–Kier alpha value is 0.0600. The third-order valence-corrected chi connectivity index (χ3v) is 5.15. The molecule has 1 saturated heterocycles. The highest BCUT2D eigenvalue weighted by Gasteiger charge is 2.24. The van der Waals surface area contributed by atoms with Crippen molar-refractivity contribution in [1.82, 2.24) is 10.4 Å². The smallest absolute Gasteiger partial charge is 0.0704 e. The van der Waals surface area contributed by atoms with Gasteiger partial charge in [0.2, 0.25) is 0 Å². The third-order valence-electron chi connectivity index (χ3n) is 3.43. The first-order valence-corrected chi connectivity index (χ1v) is 7.81. The van der Waals surface area contributed by atoms with E-state index in [4.69, 9.17) is 4.74 Å². The van der Waals surface area contributed by atoms with Crippen molar-refractivity contribution in [2.24, 2.45) is 0 Å². The van der Waals surface area contributed by atoms with E-state index >= 15 is 0 Å². The Morgan fingerprint density at radius 1 is 1.41 bits per heavy atom. The maximum absolute atomic E-state index is 5.38. The first-order valence-electron chi connectivity index (χ1n) is 6.20. The molecule has 0 amide bonds. The summed E-state index contributed by atoms with van der Waals surface area (Å²) in [5, 5.41) is 2.31. The van der Waals surface area contributed by atoms with Gasteiger partial charge in [0.25, 0.3) is 0 Å². The molecule has 94 valence electrons. The number of ether oxygens (including phenoxy) is 1. The number of morpholine rings is 1. The fraction of sp³-hybridized carbons (Fsp3) is 0.667. The molecule has 0 spiro atoms. The minimum atomic E-state index is 0.499. The van der Waals surface area contributed by atoms with Crippen LogP contribution in [0, 0.1) is 0 Å². The number of hydrogen-bond acceptors (Lipinski definition) is 4. The number of fused-ring (bicyclic) bond motifs is 1. The lowest BCUT2D eigenvalue weighted by atomic mass is 9.94. The van der Waals surface area contributed by atoms with Crippen molar-refractivity contribution in [3.8, 4) is 0 Å². The Morgan fingerprint density at radius 3 is 3.06 bits per heavy atom. The van der Waals surface area contributed by atoms with Crippen LogP contribution in [0.25, 0.3) is 0 Å². The lowest BCUT2D eigenvalue weighted by molar-refractivity contribution is 0.00195. The number of aryl methyl sites for hydroxylation is 1. The van der Waals surface area contributed by atoms with Crippen LogP contribution in [-0.4, -0.2) is 31.3 Å². The molecule has 1 aromatic rings. The van der Waals surface area contributed by atoms with Gasteiger partial charge in [-0.1, -0.05) is 0 Å². The SMILES string of the molecule is Brc1cc2c(s1)CCCC2NN1CCOCC1. The van der Waals surface area contributed by atoms with E-state index in [0.717, 1.165) is 26.3 Å². The molecule has 0 bridgehead atoms. The van der Waals surface area contributed by atoms with Gasteiger partial charge in [-0.3, -0.25) is 0 Å². The minimum Gasteiger partial charge on any atom is -0.379 e. The van der Waals surface area contributed by atoms with E-state index in [1.165, 1.54) is 28.6 Å².